The quantitative estimate of drug-likeness (QED) is 0.294. The zero-order valence-electron chi connectivity index (χ0n) is 15.0. The predicted octanol–water partition coefficient (Wildman–Crippen LogP) is 5.17. The molecule has 10 heteroatoms. The Morgan fingerprint density at radius 2 is 1.57 bits per heavy atom. The van der Waals surface area contributed by atoms with Crippen molar-refractivity contribution in [2.24, 2.45) is 0 Å². The lowest BCUT2D eigenvalue weighted by Crippen LogP contribution is -2.01. The third-order valence-corrected chi connectivity index (χ3v) is 5.23. The average Bonchev–Trinajstić information content (AvgIpc) is 3.13. The fraction of sp³-hybridized carbons (Fsp3) is 0. The summed E-state index contributed by atoms with van der Waals surface area (Å²) < 4.78 is 1.71. The van der Waals surface area contributed by atoms with E-state index < -0.39 is 21.2 Å². The Balaban J connectivity index is 2.01. The molecule has 5 aromatic rings. The molecule has 5 rings (SSSR count). The lowest BCUT2D eigenvalue weighted by Gasteiger charge is -2.10. The van der Waals surface area contributed by atoms with Crippen molar-refractivity contribution in [3.63, 3.8) is 0 Å². The molecule has 0 radical (unpaired) electrons. The smallest absolute Gasteiger partial charge is 0.276 e. The Kier molecular flexibility index (Phi) is 3.87. The molecule has 0 amide bonds. The molecule has 0 N–H and O–H groups in total. The lowest BCUT2D eigenvalue weighted by molar-refractivity contribution is -0.394. The number of hydrogen-bond acceptors (Lipinski definition) is 6. The molecule has 0 aliphatic heterocycles. The van der Waals surface area contributed by atoms with Gasteiger partial charge in [0.2, 0.25) is 0 Å². The fourth-order valence-electron chi connectivity index (χ4n) is 3.52. The van der Waals surface area contributed by atoms with Gasteiger partial charge in [-0.1, -0.05) is 35.9 Å². The second kappa shape index (κ2) is 6.46. The van der Waals surface area contributed by atoms with Crippen molar-refractivity contribution in [3.8, 4) is 11.4 Å². The molecule has 2 aromatic heterocycles. The van der Waals surface area contributed by atoms with Crippen LogP contribution in [0, 0.1) is 20.2 Å². The number of rotatable bonds is 3. The van der Waals surface area contributed by atoms with E-state index >= 15 is 0 Å². The molecule has 146 valence electrons. The number of imidazole rings is 1. The van der Waals surface area contributed by atoms with Crippen molar-refractivity contribution < 1.29 is 9.85 Å². The van der Waals surface area contributed by atoms with Crippen LogP contribution in [0.25, 0.3) is 39.0 Å². The third kappa shape index (κ3) is 2.56. The standard InChI is InChI=1S/C20H10ClN5O4/c21-18-13(9-11(25(27)28)10-17(18)26(29)30)20-22-14-6-2-1-5-12(14)19-23-15-7-3-4-8-16(15)24(19)20/h1-10H. The minimum atomic E-state index is -0.747. The first-order valence-corrected chi connectivity index (χ1v) is 9.12. The Bertz CT molecular complexity index is 1530. The van der Waals surface area contributed by atoms with Crippen molar-refractivity contribution in [2.45, 2.75) is 0 Å². The molecule has 0 unspecified atom stereocenters. The van der Waals surface area contributed by atoms with Gasteiger partial charge in [0.25, 0.3) is 11.4 Å². The van der Waals surface area contributed by atoms with Crippen molar-refractivity contribution in [2.75, 3.05) is 0 Å². The van der Waals surface area contributed by atoms with Gasteiger partial charge in [0.15, 0.2) is 0 Å². The number of benzene rings is 3. The highest BCUT2D eigenvalue weighted by Crippen LogP contribution is 2.40. The summed E-state index contributed by atoms with van der Waals surface area (Å²) in [6.45, 7) is 0. The SMILES string of the molecule is O=[N+]([O-])c1cc(-c2nc3ccccc3c3nc4ccccc4n23)c(Cl)c([N+](=O)[O-])c1. The monoisotopic (exact) mass is 419 g/mol. The van der Waals surface area contributed by atoms with E-state index in [1.807, 2.05) is 36.4 Å². The maximum Gasteiger partial charge on any atom is 0.295 e. The van der Waals surface area contributed by atoms with Gasteiger partial charge in [-0.15, -0.1) is 0 Å². The van der Waals surface area contributed by atoms with Crippen LogP contribution in [0.2, 0.25) is 5.02 Å². The van der Waals surface area contributed by atoms with Gasteiger partial charge in [0.1, 0.15) is 16.5 Å². The van der Waals surface area contributed by atoms with Crippen LogP contribution in [0.15, 0.2) is 60.7 Å². The second-order valence-corrected chi connectivity index (χ2v) is 6.93. The lowest BCUT2D eigenvalue weighted by atomic mass is 10.1. The van der Waals surface area contributed by atoms with E-state index in [-0.39, 0.29) is 16.4 Å². The normalized spacial score (nSPS) is 11.4. The van der Waals surface area contributed by atoms with E-state index in [1.54, 1.807) is 16.5 Å². The van der Waals surface area contributed by atoms with E-state index in [9.17, 15) is 20.2 Å². The van der Waals surface area contributed by atoms with E-state index in [0.29, 0.717) is 22.2 Å². The van der Waals surface area contributed by atoms with E-state index in [0.717, 1.165) is 11.5 Å². The van der Waals surface area contributed by atoms with Crippen LogP contribution in [0.5, 0.6) is 0 Å². The molecule has 0 aliphatic rings. The number of para-hydroxylation sites is 3. The number of aromatic nitrogens is 3. The second-order valence-electron chi connectivity index (χ2n) is 6.55. The number of fused-ring (bicyclic) bond motifs is 5. The summed E-state index contributed by atoms with van der Waals surface area (Å²) >= 11 is 6.35. The number of halogens is 1. The van der Waals surface area contributed by atoms with Crippen LogP contribution in [0.4, 0.5) is 11.4 Å². The number of nitro benzene ring substituents is 2. The molecule has 0 bridgehead atoms. The average molecular weight is 420 g/mol. The topological polar surface area (TPSA) is 116 Å². The van der Waals surface area contributed by atoms with E-state index in [4.69, 9.17) is 11.6 Å². The molecule has 0 aliphatic carbocycles. The summed E-state index contributed by atoms with van der Waals surface area (Å²) in [7, 11) is 0. The molecular formula is C20H10ClN5O4. The highest BCUT2D eigenvalue weighted by molar-refractivity contribution is 6.35. The highest BCUT2D eigenvalue weighted by Gasteiger charge is 2.26. The third-order valence-electron chi connectivity index (χ3n) is 4.83. The molecule has 0 saturated heterocycles. The Morgan fingerprint density at radius 1 is 0.867 bits per heavy atom. The van der Waals surface area contributed by atoms with E-state index in [2.05, 4.69) is 9.97 Å². The fourth-order valence-corrected chi connectivity index (χ4v) is 3.78. The van der Waals surface area contributed by atoms with Gasteiger partial charge in [-0.05, 0) is 24.3 Å². The number of non-ortho nitro benzene ring substituents is 1. The van der Waals surface area contributed by atoms with Gasteiger partial charge >= 0.3 is 0 Å². The van der Waals surface area contributed by atoms with Crippen LogP contribution in [0.1, 0.15) is 0 Å². The van der Waals surface area contributed by atoms with Crippen molar-refractivity contribution in [3.05, 3.63) is 85.9 Å². The first kappa shape index (κ1) is 18.0. The maximum absolute atomic E-state index is 11.5. The van der Waals surface area contributed by atoms with Crippen LogP contribution in [-0.4, -0.2) is 24.2 Å². The summed E-state index contributed by atoms with van der Waals surface area (Å²) in [5.74, 6) is 0.231. The van der Waals surface area contributed by atoms with Crippen molar-refractivity contribution in [1.82, 2.24) is 14.4 Å². The van der Waals surface area contributed by atoms with Gasteiger partial charge in [0.05, 0.1) is 38.0 Å². The molecule has 0 saturated carbocycles. The van der Waals surface area contributed by atoms with Gasteiger partial charge in [0, 0.05) is 11.5 Å². The maximum atomic E-state index is 11.5. The molecule has 9 nitrogen and oxygen atoms in total. The van der Waals surface area contributed by atoms with Crippen molar-refractivity contribution in [1.29, 1.82) is 0 Å². The summed E-state index contributed by atoms with van der Waals surface area (Å²) in [4.78, 5) is 30.8. The Hall–Kier alpha value is -4.11. The minimum Gasteiger partial charge on any atom is -0.276 e. The first-order chi connectivity index (χ1) is 14.5. The summed E-state index contributed by atoms with van der Waals surface area (Å²) in [5.41, 5.74) is 1.61. The molecule has 30 heavy (non-hydrogen) atoms. The first-order valence-electron chi connectivity index (χ1n) is 8.74. The summed E-state index contributed by atoms with van der Waals surface area (Å²) in [6.07, 6.45) is 0. The predicted molar refractivity (Wildman–Crippen MR) is 112 cm³/mol. The van der Waals surface area contributed by atoms with Crippen LogP contribution < -0.4 is 0 Å². The Morgan fingerprint density at radius 3 is 2.30 bits per heavy atom. The number of nitrogens with zero attached hydrogens (tertiary/aromatic N) is 5. The summed E-state index contributed by atoms with van der Waals surface area (Å²) in [6, 6.07) is 16.7. The van der Waals surface area contributed by atoms with Gasteiger partial charge in [-0.2, -0.15) is 0 Å². The molecular weight excluding hydrogens is 410 g/mol. The minimum absolute atomic E-state index is 0.0801. The van der Waals surface area contributed by atoms with Crippen LogP contribution in [0.3, 0.4) is 0 Å². The largest absolute Gasteiger partial charge is 0.295 e. The molecule has 0 fully saturated rings. The number of hydrogen-bond donors (Lipinski definition) is 0. The van der Waals surface area contributed by atoms with Crippen LogP contribution in [-0.2, 0) is 0 Å². The van der Waals surface area contributed by atoms with Gasteiger partial charge in [-0.3, -0.25) is 24.6 Å². The van der Waals surface area contributed by atoms with Crippen LogP contribution >= 0.6 is 11.6 Å². The van der Waals surface area contributed by atoms with Crippen molar-refractivity contribution >= 4 is 50.6 Å². The summed E-state index contributed by atoms with van der Waals surface area (Å²) in [5, 5.41) is 23.4. The Labute approximate surface area is 172 Å². The molecule has 3 aromatic carbocycles. The molecule has 0 atom stereocenters. The zero-order valence-corrected chi connectivity index (χ0v) is 15.8. The zero-order chi connectivity index (χ0) is 21.0. The van der Waals surface area contributed by atoms with Gasteiger partial charge in [-0.25, -0.2) is 9.97 Å². The number of nitro groups is 2. The highest BCUT2D eigenvalue weighted by atomic mass is 35.5. The molecule has 0 spiro atoms. The molecule has 2 heterocycles. The van der Waals surface area contributed by atoms with E-state index in [1.165, 1.54) is 6.07 Å². The van der Waals surface area contributed by atoms with Gasteiger partial charge < -0.3 is 0 Å².